The fraction of sp³-hybridized carbons (Fsp3) is 0.538. The van der Waals surface area contributed by atoms with Gasteiger partial charge in [0.2, 0.25) is 0 Å². The van der Waals surface area contributed by atoms with Crippen LogP contribution in [0.15, 0.2) is 18.2 Å². The van der Waals surface area contributed by atoms with Gasteiger partial charge in [-0.25, -0.2) is 0 Å². The Kier molecular flexibility index (Phi) is 3.06. The van der Waals surface area contributed by atoms with Crippen molar-refractivity contribution in [2.75, 3.05) is 23.8 Å². The molecule has 0 aliphatic carbocycles. The molecule has 3 N–H and O–H groups in total. The summed E-state index contributed by atoms with van der Waals surface area (Å²) in [5, 5.41) is 9.45. The van der Waals surface area contributed by atoms with E-state index in [4.69, 9.17) is 5.73 Å². The van der Waals surface area contributed by atoms with Gasteiger partial charge >= 0.3 is 0 Å². The summed E-state index contributed by atoms with van der Waals surface area (Å²) >= 11 is 0. The summed E-state index contributed by atoms with van der Waals surface area (Å²) in [4.78, 5) is 2.30. The molecular weight excluding hydrogens is 200 g/mol. The van der Waals surface area contributed by atoms with Crippen molar-refractivity contribution in [2.45, 2.75) is 26.3 Å². The van der Waals surface area contributed by atoms with E-state index in [9.17, 15) is 5.11 Å². The number of anilines is 2. The van der Waals surface area contributed by atoms with Crippen LogP contribution >= 0.6 is 0 Å². The molecule has 16 heavy (non-hydrogen) atoms. The zero-order valence-electron chi connectivity index (χ0n) is 9.98. The molecule has 1 aliphatic heterocycles. The maximum absolute atomic E-state index is 9.45. The van der Waals surface area contributed by atoms with E-state index in [-0.39, 0.29) is 12.6 Å². The Bertz CT molecular complexity index is 378. The molecule has 1 aliphatic rings. The fourth-order valence-corrected chi connectivity index (χ4v) is 2.59. The zero-order valence-corrected chi connectivity index (χ0v) is 9.98. The summed E-state index contributed by atoms with van der Waals surface area (Å²) in [7, 11) is 0. The fourth-order valence-electron chi connectivity index (χ4n) is 2.59. The van der Waals surface area contributed by atoms with Crippen LogP contribution in [0.25, 0.3) is 0 Å². The van der Waals surface area contributed by atoms with Crippen molar-refractivity contribution >= 4 is 11.4 Å². The van der Waals surface area contributed by atoms with Crippen LogP contribution in [0, 0.1) is 12.8 Å². The molecule has 0 amide bonds. The van der Waals surface area contributed by atoms with Gasteiger partial charge in [-0.2, -0.15) is 0 Å². The molecule has 1 aromatic rings. The number of aliphatic hydroxyl groups excluding tert-OH is 1. The van der Waals surface area contributed by atoms with Crippen molar-refractivity contribution < 1.29 is 5.11 Å². The summed E-state index contributed by atoms with van der Waals surface area (Å²) in [6.45, 7) is 5.53. The van der Waals surface area contributed by atoms with E-state index in [1.807, 2.05) is 12.1 Å². The summed E-state index contributed by atoms with van der Waals surface area (Å²) in [5.41, 5.74) is 8.95. The van der Waals surface area contributed by atoms with Crippen molar-refractivity contribution in [1.82, 2.24) is 0 Å². The lowest BCUT2D eigenvalue weighted by atomic mass is 10.0. The first-order chi connectivity index (χ1) is 7.63. The molecule has 3 heteroatoms. The van der Waals surface area contributed by atoms with Gasteiger partial charge in [0.05, 0.1) is 12.6 Å². The van der Waals surface area contributed by atoms with Gasteiger partial charge in [0, 0.05) is 17.9 Å². The number of benzene rings is 1. The molecule has 0 radical (unpaired) electrons. The highest BCUT2D eigenvalue weighted by Gasteiger charge is 2.31. The largest absolute Gasteiger partial charge is 0.399 e. The monoisotopic (exact) mass is 220 g/mol. The highest BCUT2D eigenvalue weighted by atomic mass is 16.3. The molecule has 1 saturated heterocycles. The highest BCUT2D eigenvalue weighted by Crippen LogP contribution is 2.32. The summed E-state index contributed by atoms with van der Waals surface area (Å²) in [6, 6.07) is 6.24. The highest BCUT2D eigenvalue weighted by molar-refractivity contribution is 5.60. The van der Waals surface area contributed by atoms with Crippen LogP contribution in [-0.2, 0) is 0 Å². The lowest BCUT2D eigenvalue weighted by Crippen LogP contribution is -2.35. The predicted octanol–water partition coefficient (Wildman–Crippen LogP) is 1.78. The van der Waals surface area contributed by atoms with E-state index >= 15 is 0 Å². The van der Waals surface area contributed by atoms with E-state index < -0.39 is 0 Å². The van der Waals surface area contributed by atoms with Gasteiger partial charge in [-0.15, -0.1) is 0 Å². The molecule has 1 fully saturated rings. The maximum Gasteiger partial charge on any atom is 0.0637 e. The molecule has 88 valence electrons. The van der Waals surface area contributed by atoms with Gasteiger partial charge in [-0.05, 0) is 43.0 Å². The summed E-state index contributed by atoms with van der Waals surface area (Å²) in [5.74, 6) is 0.557. The van der Waals surface area contributed by atoms with Crippen molar-refractivity contribution in [1.29, 1.82) is 0 Å². The molecule has 2 atom stereocenters. The van der Waals surface area contributed by atoms with Gasteiger partial charge in [0.25, 0.3) is 0 Å². The molecule has 3 nitrogen and oxygen atoms in total. The van der Waals surface area contributed by atoms with E-state index in [1.165, 1.54) is 11.3 Å². The minimum Gasteiger partial charge on any atom is -0.399 e. The van der Waals surface area contributed by atoms with E-state index in [0.29, 0.717) is 5.92 Å². The molecular formula is C13H20N2O. The number of nitrogens with two attached hydrogens (primary N) is 1. The lowest BCUT2D eigenvalue weighted by molar-refractivity contribution is 0.244. The third-order valence-electron chi connectivity index (χ3n) is 3.60. The molecule has 1 heterocycles. The Morgan fingerprint density at radius 1 is 1.50 bits per heavy atom. The van der Waals surface area contributed by atoms with Crippen LogP contribution < -0.4 is 10.6 Å². The van der Waals surface area contributed by atoms with Crippen molar-refractivity contribution in [3.8, 4) is 0 Å². The Morgan fingerprint density at radius 2 is 2.25 bits per heavy atom. The molecule has 2 unspecified atom stereocenters. The van der Waals surface area contributed by atoms with Crippen LogP contribution in [0.5, 0.6) is 0 Å². The Balaban J connectivity index is 2.30. The Morgan fingerprint density at radius 3 is 2.88 bits per heavy atom. The average molecular weight is 220 g/mol. The van der Waals surface area contributed by atoms with Crippen LogP contribution in [-0.4, -0.2) is 24.3 Å². The first-order valence-electron chi connectivity index (χ1n) is 5.87. The minimum absolute atomic E-state index is 0.227. The minimum atomic E-state index is 0.227. The second-order valence-corrected chi connectivity index (χ2v) is 4.76. The first-order valence-corrected chi connectivity index (χ1v) is 5.87. The van der Waals surface area contributed by atoms with Crippen LogP contribution in [0.1, 0.15) is 18.9 Å². The second kappa shape index (κ2) is 4.34. The third kappa shape index (κ3) is 1.87. The Hall–Kier alpha value is -1.22. The SMILES string of the molecule is Cc1cc(N)ccc1N1CCC(C)C1CO. The van der Waals surface area contributed by atoms with Gasteiger partial charge in [-0.1, -0.05) is 6.92 Å². The third-order valence-corrected chi connectivity index (χ3v) is 3.60. The number of aryl methyl sites for hydroxylation is 1. The second-order valence-electron chi connectivity index (χ2n) is 4.76. The number of hydrogen-bond acceptors (Lipinski definition) is 3. The first kappa shape index (κ1) is 11.3. The predicted molar refractivity (Wildman–Crippen MR) is 67.6 cm³/mol. The topological polar surface area (TPSA) is 49.5 Å². The van der Waals surface area contributed by atoms with E-state index in [2.05, 4.69) is 24.8 Å². The molecule has 2 rings (SSSR count). The van der Waals surface area contributed by atoms with Gasteiger partial charge < -0.3 is 15.7 Å². The maximum atomic E-state index is 9.45. The van der Waals surface area contributed by atoms with Crippen molar-refractivity contribution in [3.05, 3.63) is 23.8 Å². The number of rotatable bonds is 2. The summed E-state index contributed by atoms with van der Waals surface area (Å²) < 4.78 is 0. The zero-order chi connectivity index (χ0) is 11.7. The normalized spacial score (nSPS) is 25.1. The van der Waals surface area contributed by atoms with Crippen molar-refractivity contribution in [2.24, 2.45) is 5.92 Å². The average Bonchev–Trinajstić information content (AvgIpc) is 2.59. The molecule has 0 bridgehead atoms. The molecule has 0 spiro atoms. The number of hydrogen-bond donors (Lipinski definition) is 2. The Labute approximate surface area is 96.9 Å². The van der Waals surface area contributed by atoms with Crippen LogP contribution in [0.3, 0.4) is 0 Å². The van der Waals surface area contributed by atoms with Gasteiger partial charge in [-0.3, -0.25) is 0 Å². The smallest absolute Gasteiger partial charge is 0.0637 e. The van der Waals surface area contributed by atoms with Gasteiger partial charge in [0.15, 0.2) is 0 Å². The molecule has 0 saturated carbocycles. The molecule has 0 aromatic heterocycles. The van der Waals surface area contributed by atoms with Crippen LogP contribution in [0.4, 0.5) is 11.4 Å². The number of nitrogens with zero attached hydrogens (tertiary/aromatic N) is 1. The molecule has 1 aromatic carbocycles. The van der Waals surface area contributed by atoms with E-state index in [0.717, 1.165) is 18.7 Å². The number of aliphatic hydroxyl groups is 1. The number of nitrogen functional groups attached to an aromatic ring is 1. The summed E-state index contributed by atoms with van der Waals surface area (Å²) in [6.07, 6.45) is 1.15. The standard InChI is InChI=1S/C13H20N2O/c1-9-5-6-15(13(9)8-16)12-4-3-11(14)7-10(12)2/h3-4,7,9,13,16H,5-6,8,14H2,1-2H3. The van der Waals surface area contributed by atoms with Gasteiger partial charge in [0.1, 0.15) is 0 Å². The quantitative estimate of drug-likeness (QED) is 0.747. The lowest BCUT2D eigenvalue weighted by Gasteiger charge is -2.28. The van der Waals surface area contributed by atoms with E-state index in [1.54, 1.807) is 0 Å². The van der Waals surface area contributed by atoms with Crippen LogP contribution in [0.2, 0.25) is 0 Å². The van der Waals surface area contributed by atoms with Crippen molar-refractivity contribution in [3.63, 3.8) is 0 Å².